The monoisotopic (exact) mass is 307 g/mol. The predicted molar refractivity (Wildman–Crippen MR) is 85.8 cm³/mol. The maximum Gasteiger partial charge on any atom is 0.223 e. The summed E-state index contributed by atoms with van der Waals surface area (Å²) >= 11 is 0. The second kappa shape index (κ2) is 7.70. The third kappa shape index (κ3) is 4.52. The van der Waals surface area contributed by atoms with Crippen LogP contribution in [0.2, 0.25) is 0 Å². The van der Waals surface area contributed by atoms with Gasteiger partial charge in [-0.2, -0.15) is 0 Å². The molecule has 1 aliphatic rings. The maximum absolute atomic E-state index is 13.4. The summed E-state index contributed by atoms with van der Waals surface area (Å²) < 4.78 is 13.4. The lowest BCUT2D eigenvalue weighted by atomic mass is 9.85. The molecule has 1 saturated carbocycles. The van der Waals surface area contributed by atoms with Gasteiger partial charge in [0.25, 0.3) is 0 Å². The smallest absolute Gasteiger partial charge is 0.223 e. The molecular formula is C17H26FN3O. The minimum absolute atomic E-state index is 0.0130. The van der Waals surface area contributed by atoms with Crippen molar-refractivity contribution in [3.63, 3.8) is 0 Å². The minimum atomic E-state index is -0.256. The van der Waals surface area contributed by atoms with Gasteiger partial charge in [0.2, 0.25) is 5.91 Å². The molecule has 3 atom stereocenters. The number of halogens is 1. The summed E-state index contributed by atoms with van der Waals surface area (Å²) in [6, 6.07) is 6.62. The van der Waals surface area contributed by atoms with E-state index in [0.29, 0.717) is 6.54 Å². The number of benzene rings is 1. The second-order valence-corrected chi connectivity index (χ2v) is 6.40. The highest BCUT2D eigenvalue weighted by Gasteiger charge is 2.26. The highest BCUT2D eigenvalue weighted by atomic mass is 19.1. The Morgan fingerprint density at radius 2 is 2.23 bits per heavy atom. The lowest BCUT2D eigenvalue weighted by Crippen LogP contribution is -2.41. The van der Waals surface area contributed by atoms with E-state index in [9.17, 15) is 9.18 Å². The summed E-state index contributed by atoms with van der Waals surface area (Å²) in [6.07, 6.45) is 3.69. The van der Waals surface area contributed by atoms with Crippen molar-refractivity contribution in [3.8, 4) is 0 Å². The SMILES string of the molecule is CN(C)C(CNC(=O)C1CCCC(N)C1)c1cccc(F)c1. The molecule has 0 spiro atoms. The van der Waals surface area contributed by atoms with Gasteiger partial charge in [-0.1, -0.05) is 18.6 Å². The van der Waals surface area contributed by atoms with Gasteiger partial charge in [0.15, 0.2) is 0 Å². The molecule has 0 heterocycles. The van der Waals surface area contributed by atoms with Crippen LogP contribution in [-0.4, -0.2) is 37.5 Å². The number of rotatable bonds is 5. The zero-order chi connectivity index (χ0) is 16.1. The summed E-state index contributed by atoms with van der Waals surface area (Å²) in [5, 5.41) is 3.01. The number of nitrogens with zero attached hydrogens (tertiary/aromatic N) is 1. The molecule has 1 aliphatic carbocycles. The Kier molecular flexibility index (Phi) is 5.91. The quantitative estimate of drug-likeness (QED) is 0.875. The number of carbonyl (C=O) groups excluding carboxylic acids is 1. The fourth-order valence-corrected chi connectivity index (χ4v) is 3.12. The highest BCUT2D eigenvalue weighted by Crippen LogP contribution is 2.24. The number of hydrogen-bond donors (Lipinski definition) is 2. The molecule has 3 unspecified atom stereocenters. The molecule has 1 aromatic rings. The van der Waals surface area contributed by atoms with Crippen LogP contribution in [0.4, 0.5) is 4.39 Å². The standard InChI is InChI=1S/C17H26FN3O/c1-21(2)16(12-5-3-7-14(18)9-12)11-20-17(22)13-6-4-8-15(19)10-13/h3,5,7,9,13,15-16H,4,6,8,10-11,19H2,1-2H3,(H,20,22). The summed E-state index contributed by atoms with van der Waals surface area (Å²) in [4.78, 5) is 14.3. The maximum atomic E-state index is 13.4. The fourth-order valence-electron chi connectivity index (χ4n) is 3.12. The number of carbonyl (C=O) groups is 1. The Morgan fingerprint density at radius 1 is 1.45 bits per heavy atom. The molecule has 1 aromatic carbocycles. The van der Waals surface area contributed by atoms with Gasteiger partial charge in [-0.25, -0.2) is 4.39 Å². The van der Waals surface area contributed by atoms with Gasteiger partial charge in [-0.15, -0.1) is 0 Å². The van der Waals surface area contributed by atoms with Crippen LogP contribution in [0.25, 0.3) is 0 Å². The third-order valence-corrected chi connectivity index (χ3v) is 4.41. The number of nitrogens with one attached hydrogen (secondary N) is 1. The van der Waals surface area contributed by atoms with E-state index < -0.39 is 0 Å². The molecule has 0 bridgehead atoms. The van der Waals surface area contributed by atoms with E-state index in [-0.39, 0.29) is 29.7 Å². The lowest BCUT2D eigenvalue weighted by Gasteiger charge is -2.28. The van der Waals surface area contributed by atoms with Crippen molar-refractivity contribution in [1.29, 1.82) is 0 Å². The van der Waals surface area contributed by atoms with E-state index in [1.165, 1.54) is 12.1 Å². The van der Waals surface area contributed by atoms with Gasteiger partial charge in [0, 0.05) is 18.5 Å². The predicted octanol–water partition coefficient (Wildman–Crippen LogP) is 2.06. The van der Waals surface area contributed by atoms with Crippen LogP contribution in [-0.2, 0) is 4.79 Å². The Balaban J connectivity index is 1.96. The Morgan fingerprint density at radius 3 is 2.86 bits per heavy atom. The van der Waals surface area contributed by atoms with E-state index in [2.05, 4.69) is 5.32 Å². The van der Waals surface area contributed by atoms with Crippen LogP contribution < -0.4 is 11.1 Å². The van der Waals surface area contributed by atoms with E-state index in [1.54, 1.807) is 6.07 Å². The summed E-state index contributed by atoms with van der Waals surface area (Å²) in [5.74, 6) is -0.175. The largest absolute Gasteiger partial charge is 0.354 e. The summed E-state index contributed by atoms with van der Waals surface area (Å²) in [6.45, 7) is 0.473. The van der Waals surface area contributed by atoms with Crippen LogP contribution in [0, 0.1) is 11.7 Å². The highest BCUT2D eigenvalue weighted by molar-refractivity contribution is 5.78. The second-order valence-electron chi connectivity index (χ2n) is 6.40. The van der Waals surface area contributed by atoms with E-state index in [0.717, 1.165) is 31.2 Å². The van der Waals surface area contributed by atoms with Gasteiger partial charge in [0.05, 0.1) is 6.04 Å². The zero-order valence-corrected chi connectivity index (χ0v) is 13.4. The molecule has 5 heteroatoms. The van der Waals surface area contributed by atoms with E-state index >= 15 is 0 Å². The number of likely N-dealkylation sites (N-methyl/N-ethyl adjacent to an activating group) is 1. The van der Waals surface area contributed by atoms with Crippen molar-refractivity contribution in [2.75, 3.05) is 20.6 Å². The van der Waals surface area contributed by atoms with Gasteiger partial charge in [-0.3, -0.25) is 4.79 Å². The van der Waals surface area contributed by atoms with Gasteiger partial charge < -0.3 is 16.0 Å². The Hall–Kier alpha value is -1.46. The Labute approximate surface area is 131 Å². The fraction of sp³-hybridized carbons (Fsp3) is 0.588. The first-order valence-electron chi connectivity index (χ1n) is 7.92. The topological polar surface area (TPSA) is 58.4 Å². The molecule has 122 valence electrons. The zero-order valence-electron chi connectivity index (χ0n) is 13.4. The summed E-state index contributed by atoms with van der Waals surface area (Å²) in [7, 11) is 3.86. The van der Waals surface area contributed by atoms with Crippen LogP contribution in [0.3, 0.4) is 0 Å². The number of hydrogen-bond acceptors (Lipinski definition) is 3. The molecule has 1 fully saturated rings. The molecule has 1 amide bonds. The number of nitrogens with two attached hydrogens (primary N) is 1. The molecule has 3 N–H and O–H groups in total. The normalized spacial score (nSPS) is 23.3. The molecule has 0 radical (unpaired) electrons. The van der Waals surface area contributed by atoms with Gasteiger partial charge in [-0.05, 0) is 51.1 Å². The van der Waals surface area contributed by atoms with Crippen molar-refractivity contribution in [1.82, 2.24) is 10.2 Å². The average molecular weight is 307 g/mol. The van der Waals surface area contributed by atoms with Gasteiger partial charge >= 0.3 is 0 Å². The van der Waals surface area contributed by atoms with Crippen LogP contribution in [0.15, 0.2) is 24.3 Å². The molecule has 2 rings (SSSR count). The lowest BCUT2D eigenvalue weighted by molar-refractivity contribution is -0.126. The van der Waals surface area contributed by atoms with E-state index in [4.69, 9.17) is 5.73 Å². The molecule has 0 saturated heterocycles. The van der Waals surface area contributed by atoms with Crippen molar-refractivity contribution in [2.24, 2.45) is 11.7 Å². The van der Waals surface area contributed by atoms with Crippen molar-refractivity contribution >= 4 is 5.91 Å². The average Bonchev–Trinajstić information content (AvgIpc) is 2.47. The van der Waals surface area contributed by atoms with Gasteiger partial charge in [0.1, 0.15) is 5.82 Å². The molecular weight excluding hydrogens is 281 g/mol. The van der Waals surface area contributed by atoms with Crippen LogP contribution in [0.5, 0.6) is 0 Å². The third-order valence-electron chi connectivity index (χ3n) is 4.41. The van der Waals surface area contributed by atoms with Crippen LogP contribution in [0.1, 0.15) is 37.3 Å². The first-order chi connectivity index (χ1) is 10.5. The van der Waals surface area contributed by atoms with E-state index in [1.807, 2.05) is 25.1 Å². The molecule has 4 nitrogen and oxygen atoms in total. The minimum Gasteiger partial charge on any atom is -0.354 e. The molecule has 0 aliphatic heterocycles. The van der Waals surface area contributed by atoms with Crippen molar-refractivity contribution in [3.05, 3.63) is 35.6 Å². The molecule has 0 aromatic heterocycles. The summed E-state index contributed by atoms with van der Waals surface area (Å²) in [5.41, 5.74) is 6.81. The molecule has 22 heavy (non-hydrogen) atoms. The first-order valence-corrected chi connectivity index (χ1v) is 7.92. The number of amides is 1. The van der Waals surface area contributed by atoms with Crippen LogP contribution >= 0.6 is 0 Å². The Bertz CT molecular complexity index is 506. The van der Waals surface area contributed by atoms with Crippen molar-refractivity contribution < 1.29 is 9.18 Å². The first kappa shape index (κ1) is 16.9. The van der Waals surface area contributed by atoms with Crippen molar-refractivity contribution in [2.45, 2.75) is 37.8 Å².